The minimum atomic E-state index is -0.341. The summed E-state index contributed by atoms with van der Waals surface area (Å²) in [6, 6.07) is 11.3. The molecule has 0 aliphatic carbocycles. The van der Waals surface area contributed by atoms with Crippen LogP contribution in [0, 0.1) is 5.92 Å². The van der Waals surface area contributed by atoms with Crippen molar-refractivity contribution in [2.24, 2.45) is 5.92 Å². The van der Waals surface area contributed by atoms with Crippen LogP contribution in [-0.4, -0.2) is 40.8 Å². The van der Waals surface area contributed by atoms with Gasteiger partial charge in [-0.2, -0.15) is 11.3 Å². The Morgan fingerprint density at radius 1 is 1.09 bits per heavy atom. The molecule has 3 heterocycles. The Balaban J connectivity index is 0.00000324. The Bertz CT molecular complexity index is 1110. The SMILES string of the molecule is CC(C)N1CCC(C(=O)Nc2ccc(-c3ccsc3)cc2C(=O)Nc2ccc(Cl)cn2)CC1.Cl. The normalized spacial score (nSPS) is 14.5. The molecule has 0 bridgehead atoms. The first-order chi connectivity index (χ1) is 15.9. The summed E-state index contributed by atoms with van der Waals surface area (Å²) >= 11 is 7.49. The minimum Gasteiger partial charge on any atom is -0.325 e. The molecule has 0 saturated carbocycles. The van der Waals surface area contributed by atoms with Crippen LogP contribution >= 0.6 is 35.3 Å². The number of carbonyl (C=O) groups excluding carboxylic acids is 2. The van der Waals surface area contributed by atoms with Crippen molar-refractivity contribution in [2.75, 3.05) is 23.7 Å². The highest BCUT2D eigenvalue weighted by Crippen LogP contribution is 2.29. The molecule has 34 heavy (non-hydrogen) atoms. The maximum atomic E-state index is 13.2. The van der Waals surface area contributed by atoms with Crippen LogP contribution in [0.2, 0.25) is 5.02 Å². The van der Waals surface area contributed by atoms with Crippen LogP contribution in [0.5, 0.6) is 0 Å². The van der Waals surface area contributed by atoms with Gasteiger partial charge in [0.15, 0.2) is 0 Å². The van der Waals surface area contributed by atoms with Crippen LogP contribution < -0.4 is 10.6 Å². The van der Waals surface area contributed by atoms with Crippen molar-refractivity contribution in [2.45, 2.75) is 32.7 Å². The molecule has 180 valence electrons. The fourth-order valence-corrected chi connectivity index (χ4v) is 4.77. The Kier molecular flexibility index (Phi) is 9.08. The van der Waals surface area contributed by atoms with Crippen molar-refractivity contribution in [3.05, 3.63) is 63.9 Å². The molecule has 1 saturated heterocycles. The third-order valence-electron chi connectivity index (χ3n) is 5.98. The monoisotopic (exact) mass is 518 g/mol. The van der Waals surface area contributed by atoms with Gasteiger partial charge in [0, 0.05) is 18.2 Å². The summed E-state index contributed by atoms with van der Waals surface area (Å²) in [6.45, 7) is 6.16. The van der Waals surface area contributed by atoms with Crippen molar-refractivity contribution in [1.29, 1.82) is 0 Å². The number of benzene rings is 1. The van der Waals surface area contributed by atoms with E-state index >= 15 is 0 Å². The molecule has 2 N–H and O–H groups in total. The molecule has 0 radical (unpaired) electrons. The molecular weight excluding hydrogens is 491 g/mol. The summed E-state index contributed by atoms with van der Waals surface area (Å²) in [7, 11) is 0. The van der Waals surface area contributed by atoms with Crippen LogP contribution in [-0.2, 0) is 4.79 Å². The molecule has 0 spiro atoms. The molecule has 1 aromatic carbocycles. The van der Waals surface area contributed by atoms with Gasteiger partial charge in [-0.05, 0) is 92.0 Å². The number of thiophene rings is 1. The number of halogens is 2. The van der Waals surface area contributed by atoms with E-state index in [1.165, 1.54) is 6.20 Å². The first kappa shape index (κ1) is 26.2. The second-order valence-electron chi connectivity index (χ2n) is 8.48. The largest absolute Gasteiger partial charge is 0.325 e. The fourth-order valence-electron chi connectivity index (χ4n) is 4.00. The summed E-state index contributed by atoms with van der Waals surface area (Å²) < 4.78 is 0. The molecule has 0 atom stereocenters. The Hall–Kier alpha value is -2.45. The van der Waals surface area contributed by atoms with Gasteiger partial charge in [0.2, 0.25) is 5.91 Å². The molecule has 0 unspecified atom stereocenters. The van der Waals surface area contributed by atoms with Gasteiger partial charge in [0.1, 0.15) is 5.82 Å². The number of nitrogens with one attached hydrogen (secondary N) is 2. The molecule has 1 aliphatic rings. The second-order valence-corrected chi connectivity index (χ2v) is 9.70. The standard InChI is InChI=1S/C25H27ClN4O2S.ClH/c1-16(2)30-10-7-17(8-11-30)24(31)28-22-5-3-18(19-9-12-33-15-19)13-21(22)25(32)29-23-6-4-20(26)14-27-23;/h3-6,9,12-17H,7-8,10-11H2,1-2H3,(H,28,31)(H,27,29,32);1H. The molecule has 3 aromatic rings. The van der Waals surface area contributed by atoms with E-state index in [-0.39, 0.29) is 30.1 Å². The number of hydrogen-bond acceptors (Lipinski definition) is 5. The third-order valence-corrected chi connectivity index (χ3v) is 6.88. The predicted molar refractivity (Wildman–Crippen MR) is 142 cm³/mol. The van der Waals surface area contributed by atoms with Crippen LogP contribution in [0.1, 0.15) is 37.0 Å². The number of amides is 2. The van der Waals surface area contributed by atoms with Crippen LogP contribution in [0.3, 0.4) is 0 Å². The smallest absolute Gasteiger partial charge is 0.258 e. The number of aromatic nitrogens is 1. The third kappa shape index (κ3) is 6.36. The van der Waals surface area contributed by atoms with E-state index < -0.39 is 0 Å². The van der Waals surface area contributed by atoms with E-state index in [0.29, 0.717) is 28.1 Å². The average molecular weight is 519 g/mol. The lowest BCUT2D eigenvalue weighted by Gasteiger charge is -2.34. The molecule has 1 aliphatic heterocycles. The van der Waals surface area contributed by atoms with Crippen molar-refractivity contribution in [3.63, 3.8) is 0 Å². The number of rotatable bonds is 6. The second kappa shape index (κ2) is 11.8. The number of likely N-dealkylation sites (tertiary alicyclic amines) is 1. The van der Waals surface area contributed by atoms with Gasteiger partial charge in [0.25, 0.3) is 5.91 Å². The highest BCUT2D eigenvalue weighted by atomic mass is 35.5. The van der Waals surface area contributed by atoms with Crippen molar-refractivity contribution in [1.82, 2.24) is 9.88 Å². The number of pyridine rings is 1. The quantitative estimate of drug-likeness (QED) is 0.407. The molecule has 1 fully saturated rings. The first-order valence-corrected chi connectivity index (χ1v) is 12.4. The summed E-state index contributed by atoms with van der Waals surface area (Å²) in [6.07, 6.45) is 3.10. The number of anilines is 2. The number of piperidine rings is 1. The maximum Gasteiger partial charge on any atom is 0.258 e. The lowest BCUT2D eigenvalue weighted by molar-refractivity contribution is -0.121. The summed E-state index contributed by atoms with van der Waals surface area (Å²) in [5, 5.41) is 10.3. The van der Waals surface area contributed by atoms with Gasteiger partial charge in [-0.15, -0.1) is 12.4 Å². The zero-order valence-electron chi connectivity index (χ0n) is 19.1. The van der Waals surface area contributed by atoms with Crippen LogP contribution in [0.25, 0.3) is 11.1 Å². The summed E-state index contributed by atoms with van der Waals surface area (Å²) in [4.78, 5) is 32.8. The Labute approximate surface area is 215 Å². The summed E-state index contributed by atoms with van der Waals surface area (Å²) in [5.41, 5.74) is 2.83. The van der Waals surface area contributed by atoms with E-state index in [1.807, 2.05) is 29.0 Å². The fraction of sp³-hybridized carbons (Fsp3) is 0.320. The van der Waals surface area contributed by atoms with Gasteiger partial charge < -0.3 is 15.5 Å². The van der Waals surface area contributed by atoms with Gasteiger partial charge in [0.05, 0.1) is 16.3 Å². The van der Waals surface area contributed by atoms with E-state index in [0.717, 1.165) is 37.1 Å². The van der Waals surface area contributed by atoms with Gasteiger partial charge >= 0.3 is 0 Å². The van der Waals surface area contributed by atoms with E-state index in [4.69, 9.17) is 11.6 Å². The topological polar surface area (TPSA) is 74.3 Å². The molecule has 6 nitrogen and oxygen atoms in total. The van der Waals surface area contributed by atoms with Gasteiger partial charge in [-0.3, -0.25) is 9.59 Å². The van der Waals surface area contributed by atoms with Crippen LogP contribution in [0.4, 0.5) is 11.5 Å². The van der Waals surface area contributed by atoms with Gasteiger partial charge in [-0.1, -0.05) is 17.7 Å². The highest BCUT2D eigenvalue weighted by molar-refractivity contribution is 7.08. The minimum absolute atomic E-state index is 0. The van der Waals surface area contributed by atoms with E-state index in [9.17, 15) is 9.59 Å². The number of carbonyl (C=O) groups is 2. The van der Waals surface area contributed by atoms with Gasteiger partial charge in [-0.25, -0.2) is 4.98 Å². The molecular formula is C25H28Cl2N4O2S. The van der Waals surface area contributed by atoms with E-state index in [1.54, 1.807) is 29.5 Å². The molecule has 2 aromatic heterocycles. The lowest BCUT2D eigenvalue weighted by Crippen LogP contribution is -2.41. The van der Waals surface area contributed by atoms with Crippen LogP contribution in [0.15, 0.2) is 53.4 Å². The van der Waals surface area contributed by atoms with Crippen molar-refractivity contribution < 1.29 is 9.59 Å². The predicted octanol–water partition coefficient (Wildman–Crippen LogP) is 6.20. The highest BCUT2D eigenvalue weighted by Gasteiger charge is 2.27. The zero-order valence-corrected chi connectivity index (χ0v) is 21.5. The van der Waals surface area contributed by atoms with E-state index in [2.05, 4.69) is 34.4 Å². The Morgan fingerprint density at radius 3 is 2.47 bits per heavy atom. The van der Waals surface area contributed by atoms with Crippen molar-refractivity contribution >= 4 is 58.7 Å². The Morgan fingerprint density at radius 2 is 1.85 bits per heavy atom. The lowest BCUT2D eigenvalue weighted by atomic mass is 9.94. The first-order valence-electron chi connectivity index (χ1n) is 11.0. The maximum absolute atomic E-state index is 13.2. The number of hydrogen-bond donors (Lipinski definition) is 2. The average Bonchev–Trinajstić information content (AvgIpc) is 3.36. The summed E-state index contributed by atoms with van der Waals surface area (Å²) in [5.74, 6) is -0.0544. The molecule has 2 amide bonds. The molecule has 4 rings (SSSR count). The zero-order chi connectivity index (χ0) is 23.4. The number of nitrogens with zero attached hydrogens (tertiary/aromatic N) is 2. The van der Waals surface area contributed by atoms with Crippen molar-refractivity contribution in [3.8, 4) is 11.1 Å². The molecule has 9 heteroatoms.